The molecule has 2 aliphatic heterocycles. The molecule has 24 heavy (non-hydrogen) atoms. The van der Waals surface area contributed by atoms with Crippen molar-refractivity contribution in [2.24, 2.45) is 0 Å². The first-order valence-corrected chi connectivity index (χ1v) is 9.81. The van der Waals surface area contributed by atoms with Crippen molar-refractivity contribution in [1.82, 2.24) is 4.90 Å². The summed E-state index contributed by atoms with van der Waals surface area (Å²) in [5, 5.41) is 0.668. The van der Waals surface area contributed by atoms with Crippen LogP contribution in [-0.2, 0) is 21.5 Å². The number of hydrogen-bond acceptors (Lipinski definition) is 4. The molecule has 3 heterocycles. The van der Waals surface area contributed by atoms with E-state index >= 15 is 0 Å². The summed E-state index contributed by atoms with van der Waals surface area (Å²) in [5.74, 6) is 0. The minimum atomic E-state index is -0.491. The molecule has 0 aromatic carbocycles. The van der Waals surface area contributed by atoms with Gasteiger partial charge in [-0.15, -0.1) is 11.3 Å². The highest BCUT2D eigenvalue weighted by Gasteiger charge is 2.47. The Balaban J connectivity index is 1.81. The van der Waals surface area contributed by atoms with E-state index in [4.69, 9.17) is 32.7 Å². The van der Waals surface area contributed by atoms with Gasteiger partial charge in [0.05, 0.1) is 11.6 Å². The molecule has 0 aliphatic carbocycles. The van der Waals surface area contributed by atoms with Crippen LogP contribution in [0.3, 0.4) is 0 Å². The van der Waals surface area contributed by atoms with E-state index in [0.717, 1.165) is 29.7 Å². The van der Waals surface area contributed by atoms with E-state index in [1.54, 1.807) is 4.90 Å². The maximum Gasteiger partial charge on any atom is 0.410 e. The van der Waals surface area contributed by atoms with Crippen LogP contribution in [0.2, 0.25) is 9.36 Å². The quantitative estimate of drug-likeness (QED) is 0.606. The van der Waals surface area contributed by atoms with Gasteiger partial charge in [0.2, 0.25) is 0 Å². The van der Waals surface area contributed by atoms with Gasteiger partial charge in [0.15, 0.2) is 0 Å². The highest BCUT2D eigenvalue weighted by molar-refractivity contribution is 7.17. The van der Waals surface area contributed by atoms with Crippen LogP contribution in [0.15, 0.2) is 0 Å². The van der Waals surface area contributed by atoms with Gasteiger partial charge in [0, 0.05) is 23.9 Å². The zero-order valence-electron chi connectivity index (χ0n) is 14.4. The van der Waals surface area contributed by atoms with E-state index < -0.39 is 5.60 Å². The maximum absolute atomic E-state index is 12.4. The smallest absolute Gasteiger partial charge is 0.410 e. The lowest BCUT2D eigenvalue weighted by Gasteiger charge is -2.46. The molecule has 1 aromatic rings. The molecule has 1 amide bonds. The summed E-state index contributed by atoms with van der Waals surface area (Å²) in [6.45, 7) is 8.93. The standard InChI is InChI=1S/C17H23Cl2NO3S/c1-10-9-17(6-7-20(10)15(21)23-16(2,3)4)13-11(5-8-22-17)12(18)14(19)24-13/h10H,5-9H2,1-4H3/t10-,17?/m0/s1. The first-order valence-electron chi connectivity index (χ1n) is 8.24. The molecule has 0 bridgehead atoms. The molecule has 7 heteroatoms. The Kier molecular flexibility index (Phi) is 4.84. The van der Waals surface area contributed by atoms with Crippen molar-refractivity contribution in [3.8, 4) is 0 Å². The van der Waals surface area contributed by atoms with Crippen LogP contribution in [0.5, 0.6) is 0 Å². The number of carbonyl (C=O) groups excluding carboxylic acids is 1. The summed E-state index contributed by atoms with van der Waals surface area (Å²) in [4.78, 5) is 15.4. The third-order valence-electron chi connectivity index (χ3n) is 4.59. The fourth-order valence-electron chi connectivity index (χ4n) is 3.56. The summed E-state index contributed by atoms with van der Waals surface area (Å²) in [7, 11) is 0. The van der Waals surface area contributed by atoms with Crippen molar-refractivity contribution in [1.29, 1.82) is 0 Å². The van der Waals surface area contributed by atoms with Crippen molar-refractivity contribution < 1.29 is 14.3 Å². The monoisotopic (exact) mass is 391 g/mol. The number of ether oxygens (including phenoxy) is 2. The van der Waals surface area contributed by atoms with Gasteiger partial charge in [0.25, 0.3) is 0 Å². The van der Waals surface area contributed by atoms with Crippen LogP contribution >= 0.6 is 34.5 Å². The number of rotatable bonds is 0. The molecule has 0 N–H and O–H groups in total. The average Bonchev–Trinajstić information content (AvgIpc) is 2.75. The number of carbonyl (C=O) groups is 1. The van der Waals surface area contributed by atoms with Crippen molar-refractivity contribution in [3.05, 3.63) is 19.8 Å². The Morgan fingerprint density at radius 2 is 2.12 bits per heavy atom. The minimum absolute atomic E-state index is 0.0270. The topological polar surface area (TPSA) is 38.8 Å². The van der Waals surface area contributed by atoms with Crippen LogP contribution in [0.25, 0.3) is 0 Å². The molecule has 1 unspecified atom stereocenters. The normalized spacial score (nSPS) is 27.2. The molecule has 4 nitrogen and oxygen atoms in total. The van der Waals surface area contributed by atoms with Crippen LogP contribution in [-0.4, -0.2) is 35.8 Å². The molecule has 134 valence electrons. The number of halogens is 2. The van der Waals surface area contributed by atoms with Gasteiger partial charge in [-0.25, -0.2) is 4.79 Å². The Labute approximate surface area is 157 Å². The first-order chi connectivity index (χ1) is 11.1. The first kappa shape index (κ1) is 18.3. The fourth-order valence-corrected chi connectivity index (χ4v) is 5.42. The molecule has 2 aliphatic rings. The number of amides is 1. The lowest BCUT2D eigenvalue weighted by Crippen LogP contribution is -2.53. The third-order valence-corrected chi connectivity index (χ3v) is 6.84. The zero-order valence-corrected chi connectivity index (χ0v) is 16.8. The Morgan fingerprint density at radius 1 is 1.42 bits per heavy atom. The van der Waals surface area contributed by atoms with E-state index in [1.807, 2.05) is 27.7 Å². The third kappa shape index (κ3) is 3.28. The predicted octanol–water partition coefficient (Wildman–Crippen LogP) is 5.24. The van der Waals surface area contributed by atoms with Crippen molar-refractivity contribution in [3.63, 3.8) is 0 Å². The number of nitrogens with zero attached hydrogens (tertiary/aromatic N) is 1. The zero-order chi connectivity index (χ0) is 17.7. The van der Waals surface area contributed by atoms with E-state index in [1.165, 1.54) is 11.3 Å². The summed E-state index contributed by atoms with van der Waals surface area (Å²) in [6, 6.07) is 0.0270. The van der Waals surface area contributed by atoms with Crippen LogP contribution < -0.4 is 0 Å². The number of fused-ring (bicyclic) bond motifs is 2. The van der Waals surface area contributed by atoms with E-state index in [2.05, 4.69) is 0 Å². The van der Waals surface area contributed by atoms with Crippen LogP contribution in [0.1, 0.15) is 51.0 Å². The molecule has 2 atom stereocenters. The summed E-state index contributed by atoms with van der Waals surface area (Å²) in [6.07, 6.45) is 2.00. The number of thiophene rings is 1. The van der Waals surface area contributed by atoms with Gasteiger partial charge >= 0.3 is 6.09 Å². The van der Waals surface area contributed by atoms with Crippen molar-refractivity contribution in [2.75, 3.05) is 13.2 Å². The Bertz CT molecular complexity index is 655. The van der Waals surface area contributed by atoms with Crippen molar-refractivity contribution in [2.45, 2.75) is 64.2 Å². The molecule has 3 rings (SSSR count). The molecular formula is C17H23Cl2NO3S. The predicted molar refractivity (Wildman–Crippen MR) is 97.3 cm³/mol. The minimum Gasteiger partial charge on any atom is -0.444 e. The summed E-state index contributed by atoms with van der Waals surface area (Å²) in [5.41, 5.74) is 0.248. The lowest BCUT2D eigenvalue weighted by molar-refractivity contribution is -0.108. The molecule has 1 fully saturated rings. The highest BCUT2D eigenvalue weighted by Crippen LogP contribution is 2.51. The lowest BCUT2D eigenvalue weighted by atomic mass is 9.82. The average molecular weight is 392 g/mol. The SMILES string of the molecule is C[C@H]1CC2(CCN1C(=O)OC(C)(C)C)OCCc1c2sc(Cl)c1Cl. The number of hydrogen-bond donors (Lipinski definition) is 0. The van der Waals surface area contributed by atoms with Crippen LogP contribution in [0.4, 0.5) is 4.79 Å². The second-order valence-electron chi connectivity index (χ2n) is 7.57. The Morgan fingerprint density at radius 3 is 2.75 bits per heavy atom. The van der Waals surface area contributed by atoms with Crippen LogP contribution in [0, 0.1) is 0 Å². The van der Waals surface area contributed by atoms with E-state index in [-0.39, 0.29) is 17.7 Å². The van der Waals surface area contributed by atoms with Gasteiger partial charge in [-0.1, -0.05) is 23.2 Å². The molecule has 1 aromatic heterocycles. The molecule has 1 saturated heterocycles. The van der Waals surface area contributed by atoms with E-state index in [0.29, 0.717) is 22.5 Å². The summed E-state index contributed by atoms with van der Waals surface area (Å²) < 4.78 is 12.4. The van der Waals surface area contributed by atoms with Crippen molar-refractivity contribution >= 4 is 40.6 Å². The molecule has 0 radical (unpaired) electrons. The molecular weight excluding hydrogens is 369 g/mol. The second kappa shape index (κ2) is 6.35. The largest absolute Gasteiger partial charge is 0.444 e. The van der Waals surface area contributed by atoms with E-state index in [9.17, 15) is 4.79 Å². The highest BCUT2D eigenvalue weighted by atomic mass is 35.5. The molecule has 0 saturated carbocycles. The number of likely N-dealkylation sites (tertiary alicyclic amines) is 1. The van der Waals surface area contributed by atoms with Gasteiger partial charge in [-0.3, -0.25) is 0 Å². The van der Waals surface area contributed by atoms with Gasteiger partial charge in [0.1, 0.15) is 15.5 Å². The second-order valence-corrected chi connectivity index (χ2v) is 9.57. The number of piperidine rings is 1. The maximum atomic E-state index is 12.4. The van der Waals surface area contributed by atoms with Gasteiger partial charge < -0.3 is 14.4 Å². The molecule has 1 spiro atoms. The Hall–Kier alpha value is -0.490. The summed E-state index contributed by atoms with van der Waals surface area (Å²) >= 11 is 14.1. The van der Waals surface area contributed by atoms with Gasteiger partial charge in [-0.2, -0.15) is 0 Å². The fraction of sp³-hybridized carbons (Fsp3) is 0.706. The van der Waals surface area contributed by atoms with Gasteiger partial charge in [-0.05, 0) is 46.1 Å².